The van der Waals surface area contributed by atoms with E-state index in [2.05, 4.69) is 5.32 Å². The fourth-order valence-electron chi connectivity index (χ4n) is 2.14. The molecule has 2 aromatic rings. The van der Waals surface area contributed by atoms with Crippen molar-refractivity contribution in [1.82, 2.24) is 0 Å². The van der Waals surface area contributed by atoms with Crippen LogP contribution in [0.4, 0.5) is 14.5 Å². The summed E-state index contributed by atoms with van der Waals surface area (Å²) in [4.78, 5) is 0. The Morgan fingerprint density at radius 1 is 0.952 bits per heavy atom. The second kappa shape index (κ2) is 6.43. The van der Waals surface area contributed by atoms with Crippen LogP contribution in [0.3, 0.4) is 0 Å². The summed E-state index contributed by atoms with van der Waals surface area (Å²) in [6, 6.07) is 8.47. The van der Waals surface area contributed by atoms with Crippen molar-refractivity contribution in [2.75, 3.05) is 19.5 Å². The predicted octanol–water partition coefficient (Wildman–Crippen LogP) is 4.16. The van der Waals surface area contributed by atoms with Gasteiger partial charge in [-0.15, -0.1) is 0 Å². The van der Waals surface area contributed by atoms with Gasteiger partial charge in [-0.1, -0.05) is 6.07 Å². The van der Waals surface area contributed by atoms with Crippen molar-refractivity contribution < 1.29 is 18.3 Å². The third-order valence-corrected chi connectivity index (χ3v) is 3.17. The smallest absolute Gasteiger partial charge is 0.131 e. The molecule has 1 unspecified atom stereocenters. The van der Waals surface area contributed by atoms with Crippen LogP contribution in [-0.2, 0) is 0 Å². The average Bonchev–Trinajstić information content (AvgIpc) is 2.46. The fourth-order valence-corrected chi connectivity index (χ4v) is 2.14. The van der Waals surface area contributed by atoms with Crippen LogP contribution >= 0.6 is 0 Å². The van der Waals surface area contributed by atoms with Gasteiger partial charge in [-0.2, -0.15) is 0 Å². The molecule has 0 spiro atoms. The number of hydrogen-bond donors (Lipinski definition) is 1. The molecule has 0 aliphatic carbocycles. The number of anilines is 1. The summed E-state index contributed by atoms with van der Waals surface area (Å²) < 4.78 is 37.9. The fraction of sp³-hybridized carbons (Fsp3) is 0.250. The molecule has 112 valence electrons. The number of hydrogen-bond acceptors (Lipinski definition) is 3. The second-order valence-electron chi connectivity index (χ2n) is 4.60. The van der Waals surface area contributed by atoms with Crippen molar-refractivity contribution in [2.45, 2.75) is 13.0 Å². The minimum Gasteiger partial charge on any atom is -0.497 e. The topological polar surface area (TPSA) is 30.5 Å². The lowest BCUT2D eigenvalue weighted by Gasteiger charge is -2.18. The number of halogens is 2. The number of ether oxygens (including phenoxy) is 2. The van der Waals surface area contributed by atoms with E-state index in [0.29, 0.717) is 17.2 Å². The molecule has 0 aromatic heterocycles. The Balaban J connectivity index is 2.29. The Labute approximate surface area is 122 Å². The van der Waals surface area contributed by atoms with E-state index in [0.717, 1.165) is 0 Å². The molecule has 0 aliphatic heterocycles. The van der Waals surface area contributed by atoms with Crippen molar-refractivity contribution >= 4 is 5.69 Å². The number of nitrogens with one attached hydrogen (secondary N) is 1. The van der Waals surface area contributed by atoms with Gasteiger partial charge in [-0.05, 0) is 19.1 Å². The van der Waals surface area contributed by atoms with E-state index in [-0.39, 0.29) is 5.56 Å². The second-order valence-corrected chi connectivity index (χ2v) is 4.60. The molecular weight excluding hydrogens is 276 g/mol. The molecule has 0 heterocycles. The molecule has 1 N–H and O–H groups in total. The van der Waals surface area contributed by atoms with Gasteiger partial charge in [0.2, 0.25) is 0 Å². The van der Waals surface area contributed by atoms with Gasteiger partial charge in [-0.3, -0.25) is 0 Å². The summed E-state index contributed by atoms with van der Waals surface area (Å²) in [6.45, 7) is 1.69. The Bertz CT molecular complexity index is 589. The van der Waals surface area contributed by atoms with Crippen LogP contribution in [0.2, 0.25) is 0 Å². The maximum absolute atomic E-state index is 13.8. The summed E-state index contributed by atoms with van der Waals surface area (Å²) in [5.74, 6) is 0.0332. The summed E-state index contributed by atoms with van der Waals surface area (Å²) in [6.07, 6.45) is 0. The molecule has 0 bridgehead atoms. The summed E-state index contributed by atoms with van der Waals surface area (Å²) in [7, 11) is 3.08. The van der Waals surface area contributed by atoms with Crippen molar-refractivity contribution in [1.29, 1.82) is 0 Å². The van der Waals surface area contributed by atoms with E-state index in [1.165, 1.54) is 18.2 Å². The largest absolute Gasteiger partial charge is 0.497 e. The van der Waals surface area contributed by atoms with E-state index < -0.39 is 17.7 Å². The van der Waals surface area contributed by atoms with Gasteiger partial charge >= 0.3 is 0 Å². The van der Waals surface area contributed by atoms with Crippen LogP contribution < -0.4 is 14.8 Å². The number of rotatable bonds is 5. The van der Waals surface area contributed by atoms with Crippen LogP contribution in [0.25, 0.3) is 0 Å². The molecule has 0 radical (unpaired) electrons. The van der Waals surface area contributed by atoms with Crippen molar-refractivity contribution in [3.05, 3.63) is 53.6 Å². The zero-order chi connectivity index (χ0) is 15.4. The first kappa shape index (κ1) is 15.1. The third-order valence-electron chi connectivity index (χ3n) is 3.17. The highest BCUT2D eigenvalue weighted by Crippen LogP contribution is 2.29. The van der Waals surface area contributed by atoms with Crippen LogP contribution in [0.5, 0.6) is 11.5 Å². The molecule has 1 atom stereocenters. The number of benzene rings is 2. The first-order chi connectivity index (χ1) is 10.0. The molecule has 5 heteroatoms. The lowest BCUT2D eigenvalue weighted by Crippen LogP contribution is -2.11. The lowest BCUT2D eigenvalue weighted by molar-refractivity contribution is 0.394. The van der Waals surface area contributed by atoms with Crippen molar-refractivity contribution in [3.63, 3.8) is 0 Å². The summed E-state index contributed by atoms with van der Waals surface area (Å²) in [5.41, 5.74) is 0.653. The molecule has 0 fully saturated rings. The maximum Gasteiger partial charge on any atom is 0.131 e. The van der Waals surface area contributed by atoms with Crippen LogP contribution in [0.15, 0.2) is 36.4 Å². The maximum atomic E-state index is 13.8. The van der Waals surface area contributed by atoms with Crippen molar-refractivity contribution in [2.24, 2.45) is 0 Å². The van der Waals surface area contributed by atoms with Crippen LogP contribution in [-0.4, -0.2) is 14.2 Å². The van der Waals surface area contributed by atoms with E-state index in [4.69, 9.17) is 9.47 Å². The highest BCUT2D eigenvalue weighted by atomic mass is 19.1. The quantitative estimate of drug-likeness (QED) is 0.898. The van der Waals surface area contributed by atoms with Gasteiger partial charge in [0.25, 0.3) is 0 Å². The molecule has 21 heavy (non-hydrogen) atoms. The van der Waals surface area contributed by atoms with Gasteiger partial charge in [0.1, 0.15) is 23.1 Å². The van der Waals surface area contributed by atoms with Gasteiger partial charge in [0.05, 0.1) is 20.3 Å². The standard InChI is InChI=1S/C16H17F2NO2/c1-10(16-14(17)5-4-6-15(16)18)19-11-7-12(20-2)9-13(8-11)21-3/h4-10,19H,1-3H3. The zero-order valence-corrected chi connectivity index (χ0v) is 12.1. The molecule has 2 rings (SSSR count). The van der Waals surface area contributed by atoms with Crippen molar-refractivity contribution in [3.8, 4) is 11.5 Å². The minimum absolute atomic E-state index is 0.000660. The van der Waals surface area contributed by atoms with Gasteiger partial charge in [0, 0.05) is 29.4 Å². The third kappa shape index (κ3) is 3.42. The minimum atomic E-state index is -0.579. The molecule has 0 saturated carbocycles. The highest BCUT2D eigenvalue weighted by molar-refractivity contribution is 5.55. The molecule has 0 aliphatic rings. The summed E-state index contributed by atoms with van der Waals surface area (Å²) in [5, 5.41) is 3.05. The molecule has 2 aromatic carbocycles. The Morgan fingerprint density at radius 2 is 1.48 bits per heavy atom. The van der Waals surface area contributed by atoms with E-state index in [9.17, 15) is 8.78 Å². The monoisotopic (exact) mass is 293 g/mol. The van der Waals surface area contributed by atoms with Gasteiger partial charge in [0.15, 0.2) is 0 Å². The lowest BCUT2D eigenvalue weighted by atomic mass is 10.1. The average molecular weight is 293 g/mol. The first-order valence-corrected chi connectivity index (χ1v) is 6.48. The van der Waals surface area contributed by atoms with E-state index in [1.807, 2.05) is 0 Å². The molecule has 3 nitrogen and oxygen atoms in total. The van der Waals surface area contributed by atoms with E-state index in [1.54, 1.807) is 39.3 Å². The summed E-state index contributed by atoms with van der Waals surface area (Å²) >= 11 is 0. The number of methoxy groups -OCH3 is 2. The Hall–Kier alpha value is -2.30. The predicted molar refractivity (Wildman–Crippen MR) is 77.9 cm³/mol. The van der Waals surface area contributed by atoms with Gasteiger partial charge < -0.3 is 14.8 Å². The first-order valence-electron chi connectivity index (χ1n) is 6.48. The highest BCUT2D eigenvalue weighted by Gasteiger charge is 2.16. The Kier molecular flexibility index (Phi) is 4.62. The van der Waals surface area contributed by atoms with Crippen LogP contribution in [0.1, 0.15) is 18.5 Å². The Morgan fingerprint density at radius 3 is 1.95 bits per heavy atom. The SMILES string of the molecule is COc1cc(NC(C)c2c(F)cccc2F)cc(OC)c1. The van der Waals surface area contributed by atoms with Crippen LogP contribution in [0, 0.1) is 11.6 Å². The molecule has 0 amide bonds. The van der Waals surface area contributed by atoms with Gasteiger partial charge in [-0.25, -0.2) is 8.78 Å². The zero-order valence-electron chi connectivity index (χ0n) is 12.1. The molecule has 0 saturated heterocycles. The normalized spacial score (nSPS) is 11.9. The van der Waals surface area contributed by atoms with E-state index >= 15 is 0 Å². The molecular formula is C16H17F2NO2.